The zero-order valence-corrected chi connectivity index (χ0v) is 12.4. The molecule has 18 heavy (non-hydrogen) atoms. The van der Waals surface area contributed by atoms with Crippen LogP contribution in [0.3, 0.4) is 0 Å². The number of carbonyl (C=O) groups excluding carboxylic acids is 2. The first-order chi connectivity index (χ1) is 8.11. The van der Waals surface area contributed by atoms with Crippen LogP contribution in [0.1, 0.15) is 19.8 Å². The molecule has 1 rings (SSSR count). The quantitative estimate of drug-likeness (QED) is 0.726. The topological polar surface area (TPSA) is 67.4 Å². The summed E-state index contributed by atoms with van der Waals surface area (Å²) in [5, 5.41) is 6.11. The van der Waals surface area contributed by atoms with Crippen LogP contribution in [-0.2, 0) is 14.3 Å². The van der Waals surface area contributed by atoms with Gasteiger partial charge in [-0.25, -0.2) is 0 Å². The minimum absolute atomic E-state index is 0. The Labute approximate surface area is 118 Å². The Kier molecular flexibility index (Phi) is 9.23. The van der Waals surface area contributed by atoms with Crippen LogP contribution < -0.4 is 10.6 Å². The number of hydrogen-bond donors (Lipinski definition) is 2. The van der Waals surface area contributed by atoms with Crippen molar-refractivity contribution in [3.05, 3.63) is 0 Å². The maximum absolute atomic E-state index is 11.7. The summed E-state index contributed by atoms with van der Waals surface area (Å²) in [6.45, 7) is 2.76. The lowest BCUT2D eigenvalue weighted by atomic mass is 10.2. The highest BCUT2D eigenvalue weighted by Gasteiger charge is 2.18. The number of hydrogen-bond acceptors (Lipinski definition) is 5. The second kappa shape index (κ2) is 9.47. The first-order valence-corrected chi connectivity index (χ1v) is 6.94. The van der Waals surface area contributed by atoms with Crippen LogP contribution in [0.25, 0.3) is 0 Å². The second-order valence-electron chi connectivity index (χ2n) is 4.18. The Bertz CT molecular complexity index is 273. The number of ether oxygens (including phenoxy) is 1. The standard InChI is InChI=1S/C11H20N2O3S.ClH/c1-8(5-11(15)16-2)13-10(14)6-9-7-17-4-3-12-9;/h8-9,12H,3-7H2,1-2H3,(H,13,14);1H. The molecule has 1 aliphatic heterocycles. The predicted molar refractivity (Wildman–Crippen MR) is 75.2 cm³/mol. The minimum atomic E-state index is -0.302. The Balaban J connectivity index is 0.00000289. The van der Waals surface area contributed by atoms with E-state index in [-0.39, 0.29) is 42.8 Å². The molecule has 2 atom stereocenters. The SMILES string of the molecule is COC(=O)CC(C)NC(=O)CC1CSCCN1.Cl. The van der Waals surface area contributed by atoms with E-state index in [1.807, 2.05) is 11.8 Å². The average Bonchev–Trinajstić information content (AvgIpc) is 2.29. The van der Waals surface area contributed by atoms with Crippen molar-refractivity contribution in [3.63, 3.8) is 0 Å². The van der Waals surface area contributed by atoms with E-state index in [9.17, 15) is 9.59 Å². The van der Waals surface area contributed by atoms with Crippen LogP contribution >= 0.6 is 24.2 Å². The van der Waals surface area contributed by atoms with Gasteiger partial charge in [0, 0.05) is 36.6 Å². The first-order valence-electron chi connectivity index (χ1n) is 5.79. The van der Waals surface area contributed by atoms with Crippen molar-refractivity contribution >= 4 is 36.0 Å². The van der Waals surface area contributed by atoms with E-state index < -0.39 is 0 Å². The summed E-state index contributed by atoms with van der Waals surface area (Å²) in [5.74, 6) is 1.76. The number of halogens is 1. The van der Waals surface area contributed by atoms with Crippen LogP contribution in [0.15, 0.2) is 0 Å². The van der Waals surface area contributed by atoms with E-state index >= 15 is 0 Å². The zero-order chi connectivity index (χ0) is 12.7. The number of nitrogens with one attached hydrogen (secondary N) is 2. The Hall–Kier alpha value is -0.460. The number of thioether (sulfide) groups is 1. The molecule has 1 saturated heterocycles. The third kappa shape index (κ3) is 7.08. The van der Waals surface area contributed by atoms with E-state index in [0.717, 1.165) is 18.1 Å². The summed E-state index contributed by atoms with van der Waals surface area (Å²) >= 11 is 1.86. The minimum Gasteiger partial charge on any atom is -0.469 e. The van der Waals surface area contributed by atoms with Crippen LogP contribution in [0.5, 0.6) is 0 Å². The summed E-state index contributed by atoms with van der Waals surface area (Å²) in [6, 6.07) is 0.0743. The van der Waals surface area contributed by atoms with Gasteiger partial charge in [0.1, 0.15) is 0 Å². The number of esters is 1. The molecule has 0 aromatic carbocycles. The maximum Gasteiger partial charge on any atom is 0.307 e. The molecule has 0 spiro atoms. The van der Waals surface area contributed by atoms with Crippen molar-refractivity contribution in [1.82, 2.24) is 10.6 Å². The third-order valence-corrected chi connectivity index (χ3v) is 3.67. The monoisotopic (exact) mass is 296 g/mol. The molecule has 7 heteroatoms. The Morgan fingerprint density at radius 1 is 1.56 bits per heavy atom. The molecular weight excluding hydrogens is 276 g/mol. The molecule has 0 aliphatic carbocycles. The Morgan fingerprint density at radius 2 is 2.28 bits per heavy atom. The zero-order valence-electron chi connectivity index (χ0n) is 10.7. The summed E-state index contributed by atoms with van der Waals surface area (Å²) < 4.78 is 4.55. The predicted octanol–water partition coefficient (Wildman–Crippen LogP) is 0.571. The van der Waals surface area contributed by atoms with Gasteiger partial charge in [-0.15, -0.1) is 12.4 Å². The lowest BCUT2D eigenvalue weighted by molar-refractivity contribution is -0.141. The molecule has 1 aliphatic rings. The van der Waals surface area contributed by atoms with Gasteiger partial charge in [-0.3, -0.25) is 9.59 Å². The molecule has 0 aromatic rings. The van der Waals surface area contributed by atoms with Gasteiger partial charge in [0.2, 0.25) is 5.91 Å². The summed E-state index contributed by atoms with van der Waals surface area (Å²) in [7, 11) is 1.35. The lowest BCUT2D eigenvalue weighted by Gasteiger charge is -2.23. The molecule has 106 valence electrons. The van der Waals surface area contributed by atoms with Crippen molar-refractivity contribution in [2.24, 2.45) is 0 Å². The van der Waals surface area contributed by atoms with Crippen molar-refractivity contribution < 1.29 is 14.3 Å². The van der Waals surface area contributed by atoms with Crippen LogP contribution in [0.4, 0.5) is 0 Å². The van der Waals surface area contributed by atoms with Gasteiger partial charge in [-0.2, -0.15) is 11.8 Å². The number of methoxy groups -OCH3 is 1. The van der Waals surface area contributed by atoms with Gasteiger partial charge in [-0.1, -0.05) is 0 Å². The second-order valence-corrected chi connectivity index (χ2v) is 5.33. The highest BCUT2D eigenvalue weighted by atomic mass is 35.5. The van der Waals surface area contributed by atoms with Gasteiger partial charge < -0.3 is 15.4 Å². The van der Waals surface area contributed by atoms with Gasteiger partial charge in [-0.05, 0) is 6.92 Å². The maximum atomic E-state index is 11.7. The molecule has 0 aromatic heterocycles. The smallest absolute Gasteiger partial charge is 0.307 e. The summed E-state index contributed by atoms with van der Waals surface area (Å²) in [4.78, 5) is 22.7. The molecule has 1 heterocycles. The summed E-state index contributed by atoms with van der Waals surface area (Å²) in [6.07, 6.45) is 0.688. The number of carbonyl (C=O) groups is 2. The molecule has 5 nitrogen and oxygen atoms in total. The highest BCUT2D eigenvalue weighted by molar-refractivity contribution is 7.99. The van der Waals surface area contributed by atoms with Gasteiger partial charge in [0.05, 0.1) is 13.5 Å². The van der Waals surface area contributed by atoms with Crippen molar-refractivity contribution in [2.45, 2.75) is 31.8 Å². The molecule has 2 unspecified atom stereocenters. The normalized spacial score (nSPS) is 20.4. The van der Waals surface area contributed by atoms with Gasteiger partial charge in [0.25, 0.3) is 0 Å². The van der Waals surface area contributed by atoms with Crippen LogP contribution in [-0.4, -0.2) is 49.1 Å². The molecule has 0 bridgehead atoms. The van der Waals surface area contributed by atoms with Gasteiger partial charge >= 0.3 is 5.97 Å². The fraction of sp³-hybridized carbons (Fsp3) is 0.818. The van der Waals surface area contributed by atoms with Crippen molar-refractivity contribution in [1.29, 1.82) is 0 Å². The number of amides is 1. The average molecular weight is 297 g/mol. The van der Waals surface area contributed by atoms with Crippen molar-refractivity contribution in [3.8, 4) is 0 Å². The molecular formula is C11H21ClN2O3S. The number of rotatable bonds is 5. The highest BCUT2D eigenvalue weighted by Crippen LogP contribution is 2.10. The van der Waals surface area contributed by atoms with Crippen molar-refractivity contribution in [2.75, 3.05) is 25.2 Å². The van der Waals surface area contributed by atoms with E-state index in [0.29, 0.717) is 6.42 Å². The van der Waals surface area contributed by atoms with E-state index in [4.69, 9.17) is 0 Å². The third-order valence-electron chi connectivity index (χ3n) is 2.54. The first kappa shape index (κ1) is 17.5. The fourth-order valence-corrected chi connectivity index (χ4v) is 2.64. The molecule has 0 radical (unpaired) electrons. The molecule has 1 fully saturated rings. The van der Waals surface area contributed by atoms with Crippen LogP contribution in [0, 0.1) is 0 Å². The fourth-order valence-electron chi connectivity index (χ4n) is 1.69. The summed E-state index contributed by atoms with van der Waals surface area (Å²) in [5.41, 5.74) is 0. The van der Waals surface area contributed by atoms with E-state index in [2.05, 4.69) is 15.4 Å². The molecule has 1 amide bonds. The van der Waals surface area contributed by atoms with E-state index in [1.165, 1.54) is 7.11 Å². The van der Waals surface area contributed by atoms with Crippen LogP contribution in [0.2, 0.25) is 0 Å². The largest absolute Gasteiger partial charge is 0.469 e. The molecule has 2 N–H and O–H groups in total. The Morgan fingerprint density at radius 3 is 2.83 bits per heavy atom. The molecule has 0 saturated carbocycles. The lowest BCUT2D eigenvalue weighted by Crippen LogP contribution is -2.43. The van der Waals surface area contributed by atoms with Gasteiger partial charge in [0.15, 0.2) is 0 Å². The van der Waals surface area contributed by atoms with E-state index in [1.54, 1.807) is 6.92 Å².